The maximum Gasteiger partial charge on any atom is 0.0716 e. The van der Waals surface area contributed by atoms with Gasteiger partial charge in [0.1, 0.15) is 0 Å². The summed E-state index contributed by atoms with van der Waals surface area (Å²) >= 11 is 0. The monoisotopic (exact) mass is 264 g/mol. The van der Waals surface area contributed by atoms with Gasteiger partial charge in [0.05, 0.1) is 6.61 Å². The zero-order valence-electron chi connectivity index (χ0n) is 12.6. The van der Waals surface area contributed by atoms with Crippen LogP contribution in [0.5, 0.6) is 0 Å². The van der Waals surface area contributed by atoms with Crippen LogP contribution in [0.25, 0.3) is 0 Å². The average Bonchev–Trinajstić information content (AvgIpc) is 2.39. The van der Waals surface area contributed by atoms with Crippen LogP contribution in [0.1, 0.15) is 30.9 Å². The predicted octanol–water partition coefficient (Wildman–Crippen LogP) is 2.65. The van der Waals surface area contributed by atoms with E-state index in [9.17, 15) is 0 Å². The smallest absolute Gasteiger partial charge is 0.0716 e. The fourth-order valence-electron chi connectivity index (χ4n) is 1.91. The second kappa shape index (κ2) is 9.96. The summed E-state index contributed by atoms with van der Waals surface area (Å²) in [6.07, 6.45) is 2.26. The minimum atomic E-state index is 0.717. The van der Waals surface area contributed by atoms with E-state index in [-0.39, 0.29) is 0 Å². The molecule has 3 nitrogen and oxygen atoms in total. The van der Waals surface area contributed by atoms with Gasteiger partial charge < -0.3 is 15.0 Å². The lowest BCUT2D eigenvalue weighted by Crippen LogP contribution is -2.15. The molecule has 0 aromatic heterocycles. The first-order chi connectivity index (χ1) is 9.22. The topological polar surface area (TPSA) is 24.5 Å². The van der Waals surface area contributed by atoms with Crippen molar-refractivity contribution in [2.75, 3.05) is 33.8 Å². The Kier molecular flexibility index (Phi) is 8.47. The van der Waals surface area contributed by atoms with Gasteiger partial charge in [0, 0.05) is 13.2 Å². The number of hydrogen-bond donors (Lipinski definition) is 1. The van der Waals surface area contributed by atoms with Gasteiger partial charge in [0.15, 0.2) is 0 Å². The Morgan fingerprint density at radius 2 is 2.00 bits per heavy atom. The minimum Gasteiger partial charge on any atom is -0.377 e. The number of nitrogens with zero attached hydrogens (tertiary/aromatic N) is 1. The van der Waals surface area contributed by atoms with E-state index >= 15 is 0 Å². The molecule has 0 bridgehead atoms. The summed E-state index contributed by atoms with van der Waals surface area (Å²) in [5.74, 6) is 0. The molecule has 0 aliphatic rings. The lowest BCUT2D eigenvalue weighted by Gasteiger charge is -2.10. The molecular weight excluding hydrogens is 236 g/mol. The summed E-state index contributed by atoms with van der Waals surface area (Å²) in [6, 6.07) is 8.64. The van der Waals surface area contributed by atoms with Gasteiger partial charge in [-0.15, -0.1) is 0 Å². The van der Waals surface area contributed by atoms with Gasteiger partial charge in [-0.05, 0) is 51.2 Å². The first kappa shape index (κ1) is 16.2. The van der Waals surface area contributed by atoms with E-state index in [4.69, 9.17) is 4.74 Å². The fraction of sp³-hybridized carbons (Fsp3) is 0.625. The van der Waals surface area contributed by atoms with Gasteiger partial charge in [-0.2, -0.15) is 0 Å². The Hall–Kier alpha value is -0.900. The van der Waals surface area contributed by atoms with Crippen molar-refractivity contribution >= 4 is 0 Å². The quantitative estimate of drug-likeness (QED) is 0.658. The largest absolute Gasteiger partial charge is 0.377 e. The van der Waals surface area contributed by atoms with E-state index in [0.717, 1.165) is 39.3 Å². The third kappa shape index (κ3) is 7.98. The molecule has 0 fully saturated rings. The Morgan fingerprint density at radius 1 is 1.21 bits per heavy atom. The maximum atomic E-state index is 5.70. The van der Waals surface area contributed by atoms with Crippen LogP contribution in [-0.2, 0) is 17.9 Å². The summed E-state index contributed by atoms with van der Waals surface area (Å²) in [5, 5.41) is 3.42. The van der Waals surface area contributed by atoms with E-state index in [1.165, 1.54) is 17.5 Å². The molecule has 1 aromatic carbocycles. The Labute approximate surface area is 118 Å². The highest BCUT2D eigenvalue weighted by Crippen LogP contribution is 2.07. The zero-order chi connectivity index (χ0) is 13.9. The SMILES string of the molecule is CCCNCc1cccc(COCCCN(C)C)c1. The predicted molar refractivity (Wildman–Crippen MR) is 81.3 cm³/mol. The normalized spacial score (nSPS) is 11.2. The summed E-state index contributed by atoms with van der Waals surface area (Å²) in [4.78, 5) is 2.18. The zero-order valence-corrected chi connectivity index (χ0v) is 12.6. The van der Waals surface area contributed by atoms with Crippen molar-refractivity contribution in [3.05, 3.63) is 35.4 Å². The molecule has 1 aromatic rings. The highest BCUT2D eigenvalue weighted by Gasteiger charge is 1.97. The van der Waals surface area contributed by atoms with Gasteiger partial charge in [-0.1, -0.05) is 31.2 Å². The molecule has 1 N–H and O–H groups in total. The first-order valence-corrected chi connectivity index (χ1v) is 7.23. The number of rotatable bonds is 10. The maximum absolute atomic E-state index is 5.70. The molecule has 0 spiro atoms. The molecule has 1 rings (SSSR count). The molecule has 108 valence electrons. The van der Waals surface area contributed by atoms with Crippen molar-refractivity contribution in [3.8, 4) is 0 Å². The van der Waals surface area contributed by atoms with E-state index < -0.39 is 0 Å². The van der Waals surface area contributed by atoms with Crippen molar-refractivity contribution in [2.24, 2.45) is 0 Å². The fourth-order valence-corrected chi connectivity index (χ4v) is 1.91. The third-order valence-electron chi connectivity index (χ3n) is 2.91. The van der Waals surface area contributed by atoms with Crippen molar-refractivity contribution in [1.82, 2.24) is 10.2 Å². The van der Waals surface area contributed by atoms with E-state index in [1.54, 1.807) is 0 Å². The molecule has 19 heavy (non-hydrogen) atoms. The Morgan fingerprint density at radius 3 is 2.74 bits per heavy atom. The summed E-state index contributed by atoms with van der Waals surface area (Å²) < 4.78 is 5.70. The van der Waals surface area contributed by atoms with Crippen LogP contribution in [0.4, 0.5) is 0 Å². The second-order valence-corrected chi connectivity index (χ2v) is 5.21. The number of hydrogen-bond acceptors (Lipinski definition) is 3. The number of benzene rings is 1. The molecular formula is C16H28N2O. The van der Waals surface area contributed by atoms with Crippen LogP contribution in [-0.4, -0.2) is 38.7 Å². The van der Waals surface area contributed by atoms with Crippen LogP contribution in [0, 0.1) is 0 Å². The van der Waals surface area contributed by atoms with E-state index in [1.807, 2.05) is 0 Å². The summed E-state index contributed by atoms with van der Waals surface area (Å²) in [6.45, 7) is 6.84. The van der Waals surface area contributed by atoms with E-state index in [2.05, 4.69) is 55.5 Å². The number of ether oxygens (including phenoxy) is 1. The average molecular weight is 264 g/mol. The minimum absolute atomic E-state index is 0.717. The van der Waals surface area contributed by atoms with Crippen LogP contribution in [0.15, 0.2) is 24.3 Å². The van der Waals surface area contributed by atoms with Crippen molar-refractivity contribution in [1.29, 1.82) is 0 Å². The lowest BCUT2D eigenvalue weighted by molar-refractivity contribution is 0.113. The van der Waals surface area contributed by atoms with Crippen LogP contribution in [0.2, 0.25) is 0 Å². The van der Waals surface area contributed by atoms with Gasteiger partial charge in [0.2, 0.25) is 0 Å². The van der Waals surface area contributed by atoms with Crippen LogP contribution in [0.3, 0.4) is 0 Å². The molecule has 0 aliphatic heterocycles. The second-order valence-electron chi connectivity index (χ2n) is 5.21. The molecule has 0 saturated heterocycles. The summed E-state index contributed by atoms with van der Waals surface area (Å²) in [7, 11) is 4.18. The Bertz CT molecular complexity index is 339. The standard InChI is InChI=1S/C16H28N2O/c1-4-9-17-13-15-7-5-8-16(12-15)14-19-11-6-10-18(2)3/h5,7-8,12,17H,4,6,9-11,13-14H2,1-3H3. The van der Waals surface area contributed by atoms with Crippen molar-refractivity contribution < 1.29 is 4.74 Å². The molecule has 0 aliphatic carbocycles. The van der Waals surface area contributed by atoms with Gasteiger partial charge in [-0.25, -0.2) is 0 Å². The molecule has 0 saturated carbocycles. The molecule has 0 radical (unpaired) electrons. The van der Waals surface area contributed by atoms with Crippen LogP contribution < -0.4 is 5.32 Å². The van der Waals surface area contributed by atoms with Crippen LogP contribution >= 0.6 is 0 Å². The molecule has 0 unspecified atom stereocenters. The molecule has 0 atom stereocenters. The van der Waals surface area contributed by atoms with Gasteiger partial charge >= 0.3 is 0 Å². The Balaban J connectivity index is 2.23. The molecule has 0 amide bonds. The molecule has 0 heterocycles. The highest BCUT2D eigenvalue weighted by molar-refractivity contribution is 5.22. The van der Waals surface area contributed by atoms with Crippen molar-refractivity contribution in [2.45, 2.75) is 32.9 Å². The van der Waals surface area contributed by atoms with Gasteiger partial charge in [-0.3, -0.25) is 0 Å². The van der Waals surface area contributed by atoms with Crippen molar-refractivity contribution in [3.63, 3.8) is 0 Å². The molecule has 3 heteroatoms. The lowest BCUT2D eigenvalue weighted by atomic mass is 10.1. The highest BCUT2D eigenvalue weighted by atomic mass is 16.5. The first-order valence-electron chi connectivity index (χ1n) is 7.23. The van der Waals surface area contributed by atoms with Gasteiger partial charge in [0.25, 0.3) is 0 Å². The van der Waals surface area contributed by atoms with E-state index in [0.29, 0.717) is 0 Å². The summed E-state index contributed by atoms with van der Waals surface area (Å²) in [5.41, 5.74) is 2.60. The third-order valence-corrected chi connectivity index (χ3v) is 2.91. The number of nitrogens with one attached hydrogen (secondary N) is 1.